The van der Waals surface area contributed by atoms with Gasteiger partial charge >= 0.3 is 0 Å². The third kappa shape index (κ3) is 1.36. The Morgan fingerprint density at radius 3 is 2.75 bits per heavy atom. The van der Waals surface area contributed by atoms with E-state index in [1.165, 1.54) is 17.7 Å². The number of fused-ring (bicyclic) bond motifs is 1. The van der Waals surface area contributed by atoms with Crippen molar-refractivity contribution in [3.63, 3.8) is 0 Å². The summed E-state index contributed by atoms with van der Waals surface area (Å²) in [5, 5.41) is 4.39. The summed E-state index contributed by atoms with van der Waals surface area (Å²) in [4.78, 5) is 10.6. The van der Waals surface area contributed by atoms with Gasteiger partial charge in [0.05, 0.1) is 11.9 Å². The van der Waals surface area contributed by atoms with Crippen molar-refractivity contribution in [1.29, 1.82) is 0 Å². The van der Waals surface area contributed by atoms with Crippen LogP contribution in [-0.4, -0.2) is 16.1 Å². The summed E-state index contributed by atoms with van der Waals surface area (Å²) in [6.07, 6.45) is 6.28. The Hall–Kier alpha value is -1.90. The molecule has 0 fully saturated rings. The number of nitrogens with zero attached hydrogens (tertiary/aromatic N) is 2. The van der Waals surface area contributed by atoms with Gasteiger partial charge < -0.3 is 0 Å². The minimum absolute atomic E-state index is 0.701. The highest BCUT2D eigenvalue weighted by molar-refractivity contribution is 5.75. The lowest BCUT2D eigenvalue weighted by molar-refractivity contribution is 0.112. The largest absolute Gasteiger partial charge is 0.298 e. The maximum Gasteiger partial charge on any atom is 0.150 e. The average molecular weight is 212 g/mol. The van der Waals surface area contributed by atoms with Crippen LogP contribution in [0.3, 0.4) is 0 Å². The summed E-state index contributed by atoms with van der Waals surface area (Å²) < 4.78 is 1.98. The van der Waals surface area contributed by atoms with Crippen LogP contribution in [0.4, 0.5) is 0 Å². The van der Waals surface area contributed by atoms with E-state index in [1.54, 1.807) is 0 Å². The van der Waals surface area contributed by atoms with E-state index < -0.39 is 0 Å². The van der Waals surface area contributed by atoms with E-state index in [-0.39, 0.29) is 0 Å². The summed E-state index contributed by atoms with van der Waals surface area (Å²) in [5.74, 6) is 0. The van der Waals surface area contributed by atoms with Crippen LogP contribution in [0.1, 0.15) is 28.0 Å². The van der Waals surface area contributed by atoms with Crippen LogP contribution in [0.5, 0.6) is 0 Å². The molecular formula is C13H12N2O. The fourth-order valence-electron chi connectivity index (χ4n) is 2.25. The number of hydrogen-bond acceptors (Lipinski definition) is 2. The summed E-state index contributed by atoms with van der Waals surface area (Å²) in [7, 11) is 0. The van der Waals surface area contributed by atoms with E-state index >= 15 is 0 Å². The first kappa shape index (κ1) is 9.33. The van der Waals surface area contributed by atoms with Gasteiger partial charge in [0.15, 0.2) is 0 Å². The second kappa shape index (κ2) is 3.59. The standard InChI is InChI=1S/C13H12N2O/c16-9-10-4-6-12(7-5-10)15-13-3-1-2-11(13)8-14-15/h4-9H,1-3H2. The van der Waals surface area contributed by atoms with Gasteiger partial charge in [-0.3, -0.25) is 4.79 Å². The molecular weight excluding hydrogens is 200 g/mol. The van der Waals surface area contributed by atoms with Crippen LogP contribution in [-0.2, 0) is 12.8 Å². The molecule has 3 nitrogen and oxygen atoms in total. The fourth-order valence-corrected chi connectivity index (χ4v) is 2.25. The Labute approximate surface area is 93.7 Å². The minimum Gasteiger partial charge on any atom is -0.298 e. The highest BCUT2D eigenvalue weighted by Crippen LogP contribution is 2.23. The van der Waals surface area contributed by atoms with Crippen molar-refractivity contribution in [3.05, 3.63) is 47.3 Å². The molecule has 1 aromatic carbocycles. The average Bonchev–Trinajstić information content (AvgIpc) is 2.91. The van der Waals surface area contributed by atoms with Crippen LogP contribution in [0, 0.1) is 0 Å². The first-order chi connectivity index (χ1) is 7.88. The van der Waals surface area contributed by atoms with Crippen molar-refractivity contribution in [3.8, 4) is 5.69 Å². The number of aryl methyl sites for hydroxylation is 1. The van der Waals surface area contributed by atoms with Crippen molar-refractivity contribution < 1.29 is 4.79 Å². The molecule has 0 aliphatic heterocycles. The molecule has 0 radical (unpaired) electrons. The van der Waals surface area contributed by atoms with Gasteiger partial charge in [-0.15, -0.1) is 0 Å². The maximum absolute atomic E-state index is 10.6. The topological polar surface area (TPSA) is 34.9 Å². The normalized spacial score (nSPS) is 13.8. The van der Waals surface area contributed by atoms with E-state index in [9.17, 15) is 4.79 Å². The van der Waals surface area contributed by atoms with Gasteiger partial charge in [-0.1, -0.05) is 0 Å². The zero-order valence-corrected chi connectivity index (χ0v) is 8.89. The molecule has 3 rings (SSSR count). The molecule has 2 aromatic rings. The third-order valence-electron chi connectivity index (χ3n) is 3.09. The van der Waals surface area contributed by atoms with Crippen molar-refractivity contribution in [2.45, 2.75) is 19.3 Å². The van der Waals surface area contributed by atoms with E-state index in [1.807, 2.05) is 35.1 Å². The number of carbonyl (C=O) groups is 1. The number of aromatic nitrogens is 2. The smallest absolute Gasteiger partial charge is 0.150 e. The molecule has 1 aliphatic rings. The number of carbonyl (C=O) groups excluding carboxylic acids is 1. The number of aldehydes is 1. The first-order valence-corrected chi connectivity index (χ1v) is 5.50. The minimum atomic E-state index is 0.701. The van der Waals surface area contributed by atoms with Gasteiger partial charge in [0, 0.05) is 11.3 Å². The molecule has 0 saturated heterocycles. The molecule has 1 heterocycles. The van der Waals surface area contributed by atoms with Crippen molar-refractivity contribution >= 4 is 6.29 Å². The molecule has 3 heteroatoms. The predicted molar refractivity (Wildman–Crippen MR) is 61.0 cm³/mol. The Kier molecular flexibility index (Phi) is 2.10. The predicted octanol–water partition coefficient (Wildman–Crippen LogP) is 2.17. The maximum atomic E-state index is 10.6. The molecule has 0 unspecified atom stereocenters. The molecule has 0 atom stereocenters. The van der Waals surface area contributed by atoms with Crippen LogP contribution >= 0.6 is 0 Å². The number of benzene rings is 1. The van der Waals surface area contributed by atoms with Crippen LogP contribution < -0.4 is 0 Å². The molecule has 0 amide bonds. The fraction of sp³-hybridized carbons (Fsp3) is 0.231. The summed E-state index contributed by atoms with van der Waals surface area (Å²) in [6.45, 7) is 0. The van der Waals surface area contributed by atoms with Gasteiger partial charge in [0.1, 0.15) is 6.29 Å². The zero-order chi connectivity index (χ0) is 11.0. The van der Waals surface area contributed by atoms with Crippen LogP contribution in [0.25, 0.3) is 5.69 Å². The van der Waals surface area contributed by atoms with E-state index in [0.717, 1.165) is 24.8 Å². The molecule has 1 aromatic heterocycles. The molecule has 0 saturated carbocycles. The molecule has 0 N–H and O–H groups in total. The van der Waals surface area contributed by atoms with Crippen LogP contribution in [0.15, 0.2) is 30.5 Å². The van der Waals surface area contributed by atoms with Gasteiger partial charge in [0.25, 0.3) is 0 Å². The Balaban J connectivity index is 2.04. The molecule has 1 aliphatic carbocycles. The molecule has 16 heavy (non-hydrogen) atoms. The lowest BCUT2D eigenvalue weighted by atomic mass is 10.2. The SMILES string of the molecule is O=Cc1ccc(-n2ncc3c2CCC3)cc1. The Morgan fingerprint density at radius 1 is 1.19 bits per heavy atom. The van der Waals surface area contributed by atoms with Crippen LogP contribution in [0.2, 0.25) is 0 Å². The lowest BCUT2D eigenvalue weighted by Gasteiger charge is -2.05. The molecule has 0 spiro atoms. The summed E-state index contributed by atoms with van der Waals surface area (Å²) in [6, 6.07) is 7.53. The van der Waals surface area contributed by atoms with Gasteiger partial charge in [-0.25, -0.2) is 4.68 Å². The highest BCUT2D eigenvalue weighted by Gasteiger charge is 2.17. The van der Waals surface area contributed by atoms with E-state index in [0.29, 0.717) is 5.56 Å². The van der Waals surface area contributed by atoms with Crippen molar-refractivity contribution in [1.82, 2.24) is 9.78 Å². The van der Waals surface area contributed by atoms with Gasteiger partial charge in [-0.2, -0.15) is 5.10 Å². The van der Waals surface area contributed by atoms with Crippen molar-refractivity contribution in [2.75, 3.05) is 0 Å². The van der Waals surface area contributed by atoms with E-state index in [2.05, 4.69) is 5.10 Å². The second-order valence-corrected chi connectivity index (χ2v) is 4.09. The zero-order valence-electron chi connectivity index (χ0n) is 8.89. The third-order valence-corrected chi connectivity index (χ3v) is 3.09. The summed E-state index contributed by atoms with van der Waals surface area (Å²) in [5.41, 5.74) is 4.42. The molecule has 0 bridgehead atoms. The number of rotatable bonds is 2. The van der Waals surface area contributed by atoms with Gasteiger partial charge in [-0.05, 0) is 49.1 Å². The number of hydrogen-bond donors (Lipinski definition) is 0. The van der Waals surface area contributed by atoms with Crippen molar-refractivity contribution in [2.24, 2.45) is 0 Å². The second-order valence-electron chi connectivity index (χ2n) is 4.09. The Bertz CT molecular complexity index is 525. The van der Waals surface area contributed by atoms with Gasteiger partial charge in [0.2, 0.25) is 0 Å². The van der Waals surface area contributed by atoms with E-state index in [4.69, 9.17) is 0 Å². The summed E-state index contributed by atoms with van der Waals surface area (Å²) >= 11 is 0. The highest BCUT2D eigenvalue weighted by atomic mass is 16.1. The molecule has 80 valence electrons. The Morgan fingerprint density at radius 2 is 2.00 bits per heavy atom. The first-order valence-electron chi connectivity index (χ1n) is 5.50. The quantitative estimate of drug-likeness (QED) is 0.715. The lowest BCUT2D eigenvalue weighted by Crippen LogP contribution is -2.00. The monoisotopic (exact) mass is 212 g/mol.